The first kappa shape index (κ1) is 22.6. The van der Waals surface area contributed by atoms with E-state index in [0.717, 1.165) is 0 Å². The van der Waals surface area contributed by atoms with E-state index in [2.05, 4.69) is 0 Å². The molecule has 0 aromatic heterocycles. The van der Waals surface area contributed by atoms with Crippen LogP contribution in [-0.2, 0) is 14.9 Å². The highest BCUT2D eigenvalue weighted by Crippen LogP contribution is 2.40. The minimum Gasteiger partial charge on any atom is -0.456 e. The third-order valence-corrected chi connectivity index (χ3v) is 5.66. The number of esters is 1. The van der Waals surface area contributed by atoms with Crippen molar-refractivity contribution in [2.75, 3.05) is 6.61 Å². The molecule has 0 heterocycles. The van der Waals surface area contributed by atoms with E-state index in [0.29, 0.717) is 16.7 Å². The summed E-state index contributed by atoms with van der Waals surface area (Å²) in [6.45, 7) is -0.495. The van der Waals surface area contributed by atoms with Crippen LogP contribution in [0.3, 0.4) is 0 Å². The van der Waals surface area contributed by atoms with Crippen LogP contribution in [0.1, 0.15) is 27.0 Å². The average molecular weight is 451 g/mol. The van der Waals surface area contributed by atoms with E-state index in [-0.39, 0.29) is 11.3 Å². The Kier molecular flexibility index (Phi) is 6.59. The number of non-ortho nitro benzene ring substituents is 1. The van der Waals surface area contributed by atoms with Gasteiger partial charge in [-0.3, -0.25) is 19.7 Å². The molecule has 0 spiro atoms. The summed E-state index contributed by atoms with van der Waals surface area (Å²) < 4.78 is 5.64. The molecule has 0 unspecified atom stereocenters. The Morgan fingerprint density at radius 3 is 1.47 bits per heavy atom. The van der Waals surface area contributed by atoms with Gasteiger partial charge in [0.05, 0.1) is 4.92 Å². The molecule has 0 fully saturated rings. The lowest BCUT2D eigenvalue weighted by Crippen LogP contribution is -2.40. The van der Waals surface area contributed by atoms with Crippen molar-refractivity contribution >= 4 is 17.4 Å². The highest BCUT2D eigenvalue weighted by Gasteiger charge is 2.45. The van der Waals surface area contributed by atoms with Gasteiger partial charge in [0.25, 0.3) is 5.69 Å². The molecule has 168 valence electrons. The molecule has 0 aliphatic heterocycles. The molecule has 6 heteroatoms. The Hall–Kier alpha value is -4.58. The molecular weight excluding hydrogens is 430 g/mol. The van der Waals surface area contributed by atoms with E-state index in [4.69, 9.17) is 4.74 Å². The standard InChI is InChI=1S/C28H21NO5/c30-26(21-16-18-25(19-17-21)29(32)33)20-34-27(31)28(22-10-4-1-5-11-22,23-12-6-2-7-13-23)24-14-8-3-9-15-24/h1-19H,20H2. The maximum atomic E-state index is 13.9. The number of nitro groups is 1. The second-order valence-corrected chi connectivity index (χ2v) is 7.65. The Morgan fingerprint density at radius 1 is 0.676 bits per heavy atom. The zero-order valence-electron chi connectivity index (χ0n) is 18.2. The van der Waals surface area contributed by atoms with Crippen molar-refractivity contribution in [2.24, 2.45) is 0 Å². The molecule has 0 amide bonds. The van der Waals surface area contributed by atoms with Crippen LogP contribution in [0.2, 0.25) is 0 Å². The summed E-state index contributed by atoms with van der Waals surface area (Å²) in [5.74, 6) is -1.04. The SMILES string of the molecule is O=C(COC(=O)C(c1ccccc1)(c1ccccc1)c1ccccc1)c1ccc([N+](=O)[O-])cc1. The topological polar surface area (TPSA) is 86.5 Å². The normalized spacial score (nSPS) is 10.9. The number of hydrogen-bond acceptors (Lipinski definition) is 5. The van der Waals surface area contributed by atoms with Gasteiger partial charge in [-0.2, -0.15) is 0 Å². The Bertz CT molecular complexity index is 1190. The number of nitrogens with zero attached hydrogens (tertiary/aromatic N) is 1. The van der Waals surface area contributed by atoms with E-state index in [1.807, 2.05) is 91.0 Å². The molecule has 0 aliphatic rings. The maximum Gasteiger partial charge on any atom is 0.326 e. The van der Waals surface area contributed by atoms with Crippen molar-refractivity contribution in [3.05, 3.63) is 148 Å². The lowest BCUT2D eigenvalue weighted by atomic mass is 9.69. The number of ketones is 1. The molecule has 0 aliphatic carbocycles. The number of carbonyl (C=O) groups is 2. The van der Waals surface area contributed by atoms with Crippen molar-refractivity contribution in [1.82, 2.24) is 0 Å². The van der Waals surface area contributed by atoms with Gasteiger partial charge in [0.1, 0.15) is 5.41 Å². The third kappa shape index (κ3) is 4.34. The highest BCUT2D eigenvalue weighted by atomic mass is 16.6. The second-order valence-electron chi connectivity index (χ2n) is 7.65. The van der Waals surface area contributed by atoms with Crippen LogP contribution in [0.25, 0.3) is 0 Å². The molecular formula is C28H21NO5. The van der Waals surface area contributed by atoms with Crippen LogP contribution in [0.15, 0.2) is 115 Å². The first-order valence-corrected chi connectivity index (χ1v) is 10.6. The fourth-order valence-corrected chi connectivity index (χ4v) is 4.01. The Balaban J connectivity index is 1.72. The minimum atomic E-state index is -1.29. The quantitative estimate of drug-likeness (QED) is 0.118. The van der Waals surface area contributed by atoms with Gasteiger partial charge >= 0.3 is 5.97 Å². The molecule has 0 radical (unpaired) electrons. The third-order valence-electron chi connectivity index (χ3n) is 5.66. The molecule has 0 saturated carbocycles. The molecule has 4 rings (SSSR count). The number of hydrogen-bond donors (Lipinski definition) is 0. The number of benzene rings is 4. The van der Waals surface area contributed by atoms with Gasteiger partial charge < -0.3 is 4.74 Å². The van der Waals surface area contributed by atoms with Gasteiger partial charge in [0.15, 0.2) is 12.4 Å². The van der Waals surface area contributed by atoms with Crippen molar-refractivity contribution in [2.45, 2.75) is 5.41 Å². The summed E-state index contributed by atoms with van der Waals surface area (Å²) in [5, 5.41) is 10.9. The smallest absolute Gasteiger partial charge is 0.326 e. The molecule has 34 heavy (non-hydrogen) atoms. The van der Waals surface area contributed by atoms with E-state index >= 15 is 0 Å². The molecule has 0 saturated heterocycles. The maximum absolute atomic E-state index is 13.9. The average Bonchev–Trinajstić information content (AvgIpc) is 2.89. The number of ether oxygens (including phenoxy) is 1. The van der Waals surface area contributed by atoms with E-state index in [1.165, 1.54) is 24.3 Å². The summed E-state index contributed by atoms with van der Waals surface area (Å²) in [6, 6.07) is 33.1. The predicted octanol–water partition coefficient (Wildman–Crippen LogP) is 5.36. The van der Waals surface area contributed by atoms with Gasteiger partial charge in [-0.15, -0.1) is 0 Å². The monoisotopic (exact) mass is 451 g/mol. The van der Waals surface area contributed by atoms with Gasteiger partial charge in [-0.1, -0.05) is 91.0 Å². The summed E-state index contributed by atoms with van der Waals surface area (Å²) in [5.41, 5.74) is 0.938. The first-order chi connectivity index (χ1) is 16.5. The fraction of sp³-hybridized carbons (Fsp3) is 0.0714. The molecule has 0 N–H and O–H groups in total. The molecule has 6 nitrogen and oxygen atoms in total. The van der Waals surface area contributed by atoms with Crippen molar-refractivity contribution in [1.29, 1.82) is 0 Å². The summed E-state index contributed by atoms with van der Waals surface area (Å²) in [7, 11) is 0. The minimum absolute atomic E-state index is 0.121. The Labute approximate surface area is 196 Å². The van der Waals surface area contributed by atoms with Crippen molar-refractivity contribution in [3.8, 4) is 0 Å². The van der Waals surface area contributed by atoms with E-state index in [9.17, 15) is 19.7 Å². The summed E-state index contributed by atoms with van der Waals surface area (Å²) in [6.07, 6.45) is 0. The van der Waals surface area contributed by atoms with Crippen molar-refractivity contribution < 1.29 is 19.2 Å². The molecule has 0 bridgehead atoms. The number of carbonyl (C=O) groups excluding carboxylic acids is 2. The molecule has 4 aromatic rings. The second kappa shape index (κ2) is 9.92. The lowest BCUT2D eigenvalue weighted by molar-refractivity contribution is -0.384. The predicted molar refractivity (Wildman–Crippen MR) is 128 cm³/mol. The largest absolute Gasteiger partial charge is 0.456 e. The lowest BCUT2D eigenvalue weighted by Gasteiger charge is -2.33. The number of rotatable bonds is 8. The summed E-state index contributed by atoms with van der Waals surface area (Å²) >= 11 is 0. The molecule has 4 aromatic carbocycles. The molecule has 0 atom stereocenters. The van der Waals surface area contributed by atoms with Crippen molar-refractivity contribution in [3.63, 3.8) is 0 Å². The van der Waals surface area contributed by atoms with Gasteiger partial charge in [-0.05, 0) is 28.8 Å². The van der Waals surface area contributed by atoms with E-state index in [1.54, 1.807) is 0 Å². The van der Waals surface area contributed by atoms with Gasteiger partial charge in [-0.25, -0.2) is 0 Å². The Morgan fingerprint density at radius 2 is 1.09 bits per heavy atom. The van der Waals surface area contributed by atoms with Crippen LogP contribution in [0.5, 0.6) is 0 Å². The zero-order chi connectivity index (χ0) is 24.0. The van der Waals surface area contributed by atoms with Crippen LogP contribution in [0.4, 0.5) is 5.69 Å². The fourth-order valence-electron chi connectivity index (χ4n) is 4.01. The van der Waals surface area contributed by atoms with Crippen LogP contribution < -0.4 is 0 Å². The highest BCUT2D eigenvalue weighted by molar-refractivity contribution is 5.99. The zero-order valence-corrected chi connectivity index (χ0v) is 18.2. The van der Waals surface area contributed by atoms with Crippen LogP contribution in [-0.4, -0.2) is 23.3 Å². The van der Waals surface area contributed by atoms with Gasteiger partial charge in [0, 0.05) is 17.7 Å². The van der Waals surface area contributed by atoms with Crippen LogP contribution in [0, 0.1) is 10.1 Å². The summed E-state index contributed by atoms with van der Waals surface area (Å²) in [4.78, 5) is 36.9. The first-order valence-electron chi connectivity index (χ1n) is 10.6. The number of Topliss-reactive ketones (excluding diaryl/α,β-unsaturated/α-hetero) is 1. The van der Waals surface area contributed by atoms with Gasteiger partial charge in [0.2, 0.25) is 0 Å². The number of nitro benzene ring substituents is 1. The van der Waals surface area contributed by atoms with E-state index < -0.39 is 28.7 Å². The van der Waals surface area contributed by atoms with Crippen LogP contribution >= 0.6 is 0 Å².